The average Bonchev–Trinajstić information content (AvgIpc) is 3.16. The predicted molar refractivity (Wildman–Crippen MR) is 88.1 cm³/mol. The van der Waals surface area contributed by atoms with Crippen LogP contribution in [-0.4, -0.2) is 35.0 Å². The van der Waals surface area contributed by atoms with Gasteiger partial charge in [0.05, 0.1) is 6.10 Å². The third-order valence-electron chi connectivity index (χ3n) is 8.51. The molecule has 0 amide bonds. The number of ether oxygens (including phenoxy) is 2. The van der Waals surface area contributed by atoms with E-state index in [9.17, 15) is 9.90 Å². The average molecular weight is 332 g/mol. The molecule has 4 heteroatoms. The molecule has 0 bridgehead atoms. The van der Waals surface area contributed by atoms with Crippen LogP contribution in [-0.2, 0) is 14.3 Å². The fraction of sp³-hybridized carbons (Fsp3) is 0.850. The van der Waals surface area contributed by atoms with Crippen LogP contribution in [0.25, 0.3) is 0 Å². The van der Waals surface area contributed by atoms with Crippen LogP contribution in [0.3, 0.4) is 0 Å². The minimum atomic E-state index is -0.217. The monoisotopic (exact) mass is 332 g/mol. The molecule has 3 aliphatic carbocycles. The van der Waals surface area contributed by atoms with Gasteiger partial charge in [0.2, 0.25) is 0 Å². The Labute approximate surface area is 143 Å². The first-order chi connectivity index (χ1) is 11.2. The van der Waals surface area contributed by atoms with Crippen molar-refractivity contribution in [1.82, 2.24) is 0 Å². The topological polar surface area (TPSA) is 59.1 Å². The Hall–Kier alpha value is -0.870. The second-order valence-electron chi connectivity index (χ2n) is 9.69. The SMILES string of the molecule is CC1=C2[C@H]3O[C@]34CC[C@@H]3C(C)(C)[C@H](O)CC[C@@]3(C)[C@@H]4C[C@H]2OC1=O. The van der Waals surface area contributed by atoms with E-state index in [-0.39, 0.29) is 40.7 Å². The molecule has 5 rings (SSSR count). The van der Waals surface area contributed by atoms with E-state index >= 15 is 0 Å². The van der Waals surface area contributed by atoms with Gasteiger partial charge in [-0.2, -0.15) is 0 Å². The Bertz CT molecular complexity index is 665. The van der Waals surface area contributed by atoms with Crippen molar-refractivity contribution in [2.75, 3.05) is 0 Å². The molecule has 0 aromatic rings. The lowest BCUT2D eigenvalue weighted by atomic mass is 9.43. The van der Waals surface area contributed by atoms with Crippen molar-refractivity contribution in [1.29, 1.82) is 0 Å². The first-order valence-electron chi connectivity index (χ1n) is 9.49. The summed E-state index contributed by atoms with van der Waals surface area (Å²) in [4.78, 5) is 12.0. The van der Waals surface area contributed by atoms with Crippen LogP contribution in [0.5, 0.6) is 0 Å². The predicted octanol–water partition coefficient (Wildman–Crippen LogP) is 2.98. The van der Waals surface area contributed by atoms with Crippen LogP contribution >= 0.6 is 0 Å². The van der Waals surface area contributed by atoms with Gasteiger partial charge in [0, 0.05) is 17.1 Å². The standard InChI is InChI=1S/C20H28O4/c1-10-15-11(23-17(10)22)9-13-19(4)7-6-14(21)18(2,3)12(19)5-8-20(13)16(15)24-20/h11-14,16,21H,5-9H2,1-4H3/t11-,12-,13+,14-,16-,19-,20+/m1/s1. The van der Waals surface area contributed by atoms with Crippen molar-refractivity contribution in [2.45, 2.75) is 83.7 Å². The van der Waals surface area contributed by atoms with Crippen LogP contribution in [0.2, 0.25) is 0 Å². The molecule has 5 aliphatic rings. The van der Waals surface area contributed by atoms with Crippen molar-refractivity contribution < 1.29 is 19.4 Å². The van der Waals surface area contributed by atoms with E-state index in [1.807, 2.05) is 6.92 Å². The second kappa shape index (κ2) is 4.27. The van der Waals surface area contributed by atoms with E-state index in [1.54, 1.807) is 0 Å². The summed E-state index contributed by atoms with van der Waals surface area (Å²) in [6, 6.07) is 0. The summed E-state index contributed by atoms with van der Waals surface area (Å²) in [6.07, 6.45) is 4.77. The Morgan fingerprint density at radius 3 is 2.62 bits per heavy atom. The molecule has 24 heavy (non-hydrogen) atoms. The highest BCUT2D eigenvalue weighted by atomic mass is 16.6. The van der Waals surface area contributed by atoms with E-state index < -0.39 is 0 Å². The zero-order valence-electron chi connectivity index (χ0n) is 15.1. The normalized spacial score (nSPS) is 54.4. The molecule has 4 nitrogen and oxygen atoms in total. The molecular formula is C20H28O4. The first-order valence-corrected chi connectivity index (χ1v) is 9.49. The zero-order chi connectivity index (χ0) is 17.1. The molecule has 1 saturated heterocycles. The molecule has 7 atom stereocenters. The molecule has 0 aromatic carbocycles. The highest BCUT2D eigenvalue weighted by Crippen LogP contribution is 2.71. The maximum Gasteiger partial charge on any atom is 0.334 e. The number of esters is 1. The first kappa shape index (κ1) is 15.4. The maximum atomic E-state index is 12.0. The fourth-order valence-electron chi connectivity index (χ4n) is 7.13. The lowest BCUT2D eigenvalue weighted by Crippen LogP contribution is -2.60. The summed E-state index contributed by atoms with van der Waals surface area (Å²) >= 11 is 0. The number of aliphatic hydroxyl groups excluding tert-OH is 1. The molecule has 132 valence electrons. The van der Waals surface area contributed by atoms with Gasteiger partial charge in [-0.25, -0.2) is 4.79 Å². The molecule has 0 unspecified atom stereocenters. The van der Waals surface area contributed by atoms with Crippen molar-refractivity contribution in [3.05, 3.63) is 11.1 Å². The third kappa shape index (κ3) is 1.56. The third-order valence-corrected chi connectivity index (χ3v) is 8.51. The van der Waals surface area contributed by atoms with Gasteiger partial charge in [-0.1, -0.05) is 20.8 Å². The summed E-state index contributed by atoms with van der Waals surface area (Å²) in [6.45, 7) is 8.77. The second-order valence-corrected chi connectivity index (χ2v) is 9.69. The smallest absolute Gasteiger partial charge is 0.334 e. The Morgan fingerprint density at radius 2 is 1.88 bits per heavy atom. The number of hydrogen-bond acceptors (Lipinski definition) is 4. The number of carbonyl (C=O) groups is 1. The molecule has 1 N–H and O–H groups in total. The number of fused-ring (bicyclic) bond motifs is 4. The minimum Gasteiger partial charge on any atom is -0.454 e. The van der Waals surface area contributed by atoms with E-state index in [0.717, 1.165) is 43.3 Å². The number of aliphatic hydroxyl groups is 1. The highest BCUT2D eigenvalue weighted by molar-refractivity contribution is 5.92. The van der Waals surface area contributed by atoms with Crippen molar-refractivity contribution in [3.8, 4) is 0 Å². The number of rotatable bonds is 0. The van der Waals surface area contributed by atoms with Crippen LogP contribution in [0.1, 0.15) is 59.8 Å². The van der Waals surface area contributed by atoms with E-state index in [2.05, 4.69) is 20.8 Å². The molecular weight excluding hydrogens is 304 g/mol. The molecule has 2 heterocycles. The van der Waals surface area contributed by atoms with Crippen LogP contribution in [0, 0.1) is 22.7 Å². The summed E-state index contributed by atoms with van der Waals surface area (Å²) < 4.78 is 12.0. The quantitative estimate of drug-likeness (QED) is 0.547. The van der Waals surface area contributed by atoms with Crippen molar-refractivity contribution >= 4 is 5.97 Å². The summed E-state index contributed by atoms with van der Waals surface area (Å²) in [5.74, 6) is 0.770. The van der Waals surface area contributed by atoms with Crippen LogP contribution < -0.4 is 0 Å². The lowest BCUT2D eigenvalue weighted by Gasteiger charge is -2.61. The molecule has 0 radical (unpaired) electrons. The molecule has 3 saturated carbocycles. The minimum absolute atomic E-state index is 0.0582. The molecule has 2 aliphatic heterocycles. The van der Waals surface area contributed by atoms with Gasteiger partial charge >= 0.3 is 5.97 Å². The molecule has 0 aromatic heterocycles. The van der Waals surface area contributed by atoms with Gasteiger partial charge in [0.25, 0.3) is 0 Å². The Morgan fingerprint density at radius 1 is 1.12 bits per heavy atom. The van der Waals surface area contributed by atoms with Gasteiger partial charge in [-0.15, -0.1) is 0 Å². The summed E-state index contributed by atoms with van der Waals surface area (Å²) in [5.41, 5.74) is 1.95. The number of hydrogen-bond donors (Lipinski definition) is 1. The lowest BCUT2D eigenvalue weighted by molar-refractivity contribution is -0.165. The fourth-order valence-corrected chi connectivity index (χ4v) is 7.13. The van der Waals surface area contributed by atoms with Crippen molar-refractivity contribution in [2.24, 2.45) is 22.7 Å². The van der Waals surface area contributed by atoms with Gasteiger partial charge in [0.15, 0.2) is 0 Å². The van der Waals surface area contributed by atoms with Crippen LogP contribution in [0.15, 0.2) is 11.1 Å². The molecule has 1 spiro atoms. The van der Waals surface area contributed by atoms with Gasteiger partial charge in [0.1, 0.15) is 17.8 Å². The summed E-state index contributed by atoms with van der Waals surface area (Å²) in [5, 5.41) is 10.6. The van der Waals surface area contributed by atoms with Gasteiger partial charge in [-0.3, -0.25) is 0 Å². The van der Waals surface area contributed by atoms with E-state index in [4.69, 9.17) is 9.47 Å². The maximum absolute atomic E-state index is 12.0. The number of epoxide rings is 1. The van der Waals surface area contributed by atoms with Crippen LogP contribution in [0.4, 0.5) is 0 Å². The van der Waals surface area contributed by atoms with Gasteiger partial charge < -0.3 is 14.6 Å². The van der Waals surface area contributed by atoms with Gasteiger partial charge in [-0.05, 0) is 55.8 Å². The number of carbonyl (C=O) groups excluding carboxylic acids is 1. The van der Waals surface area contributed by atoms with Crippen molar-refractivity contribution in [3.63, 3.8) is 0 Å². The Balaban J connectivity index is 1.56. The largest absolute Gasteiger partial charge is 0.454 e. The summed E-state index contributed by atoms with van der Waals surface area (Å²) in [7, 11) is 0. The zero-order valence-corrected chi connectivity index (χ0v) is 15.1. The highest BCUT2D eigenvalue weighted by Gasteiger charge is 2.75. The Kier molecular flexibility index (Phi) is 2.74. The molecule has 4 fully saturated rings. The van der Waals surface area contributed by atoms with E-state index in [0.29, 0.717) is 11.8 Å². The van der Waals surface area contributed by atoms with E-state index in [1.165, 1.54) is 0 Å².